The van der Waals surface area contributed by atoms with E-state index in [4.69, 9.17) is 0 Å². The molecule has 0 aromatic heterocycles. The van der Waals surface area contributed by atoms with Crippen molar-refractivity contribution in [1.29, 1.82) is 0 Å². The Kier molecular flexibility index (Phi) is 2.83. The average molecular weight is 182 g/mol. The van der Waals surface area contributed by atoms with E-state index in [1.807, 2.05) is 0 Å². The normalized spacial score (nSPS) is 29.5. The number of carbonyl (C=O) groups is 1. The minimum atomic E-state index is 0.221. The van der Waals surface area contributed by atoms with Gasteiger partial charge in [0.05, 0.1) is 0 Å². The summed E-state index contributed by atoms with van der Waals surface area (Å²) in [5.41, 5.74) is 0. The second kappa shape index (κ2) is 4.09. The summed E-state index contributed by atoms with van der Waals surface area (Å²) in [6, 6.07) is 1.12. The van der Waals surface area contributed by atoms with Gasteiger partial charge < -0.3 is 10.6 Å². The van der Waals surface area contributed by atoms with Gasteiger partial charge in [-0.3, -0.25) is 4.79 Å². The van der Waals surface area contributed by atoms with Crippen LogP contribution in [0, 0.1) is 0 Å². The first kappa shape index (κ1) is 9.00. The van der Waals surface area contributed by atoms with Gasteiger partial charge in [0.1, 0.15) is 0 Å². The highest BCUT2D eigenvalue weighted by Gasteiger charge is 2.22. The van der Waals surface area contributed by atoms with E-state index in [0.717, 1.165) is 25.4 Å². The molecule has 1 saturated carbocycles. The average Bonchev–Trinajstić information content (AvgIpc) is 2.71. The van der Waals surface area contributed by atoms with Gasteiger partial charge in [0.25, 0.3) is 0 Å². The van der Waals surface area contributed by atoms with Gasteiger partial charge in [-0.15, -0.1) is 0 Å². The van der Waals surface area contributed by atoms with E-state index in [9.17, 15) is 4.79 Å². The van der Waals surface area contributed by atoms with Crippen LogP contribution in [-0.4, -0.2) is 24.5 Å². The van der Waals surface area contributed by atoms with Crippen LogP contribution in [0.4, 0.5) is 0 Å². The topological polar surface area (TPSA) is 41.1 Å². The molecule has 1 aliphatic carbocycles. The molecule has 1 heterocycles. The van der Waals surface area contributed by atoms with Crippen LogP contribution >= 0.6 is 0 Å². The maximum Gasteiger partial charge on any atom is 0.220 e. The van der Waals surface area contributed by atoms with Crippen molar-refractivity contribution >= 4 is 5.91 Å². The molecular formula is C10H18N2O. The number of nitrogens with one attached hydrogen (secondary N) is 2. The predicted octanol–water partition coefficient (Wildman–Crippen LogP) is 0.797. The molecule has 1 saturated heterocycles. The lowest BCUT2D eigenvalue weighted by Gasteiger charge is -2.15. The molecule has 1 amide bonds. The van der Waals surface area contributed by atoms with Crippen LogP contribution in [-0.2, 0) is 4.79 Å². The standard InChI is InChI=1S/C10H18N2O/c13-10-6-5-9(12-10)7-11-8-3-1-2-4-8/h8-9,11H,1-7H2,(H,12,13). The van der Waals surface area contributed by atoms with Crippen molar-refractivity contribution in [3.05, 3.63) is 0 Å². The van der Waals surface area contributed by atoms with Crippen LogP contribution in [0.5, 0.6) is 0 Å². The Bertz CT molecular complexity index is 187. The zero-order valence-electron chi connectivity index (χ0n) is 8.01. The number of hydrogen-bond donors (Lipinski definition) is 2. The molecular weight excluding hydrogens is 164 g/mol. The Morgan fingerprint density at radius 2 is 2.08 bits per heavy atom. The quantitative estimate of drug-likeness (QED) is 0.677. The van der Waals surface area contributed by atoms with Gasteiger partial charge in [-0.05, 0) is 19.3 Å². The SMILES string of the molecule is O=C1CCC(CNC2CCCC2)N1. The fourth-order valence-electron chi connectivity index (χ4n) is 2.27. The van der Waals surface area contributed by atoms with E-state index < -0.39 is 0 Å². The second-order valence-corrected chi connectivity index (χ2v) is 4.19. The van der Waals surface area contributed by atoms with Gasteiger partial charge in [-0.2, -0.15) is 0 Å². The van der Waals surface area contributed by atoms with Crippen LogP contribution in [0.1, 0.15) is 38.5 Å². The zero-order chi connectivity index (χ0) is 9.10. The summed E-state index contributed by atoms with van der Waals surface area (Å²) in [5.74, 6) is 0.221. The smallest absolute Gasteiger partial charge is 0.220 e. The highest BCUT2D eigenvalue weighted by molar-refractivity contribution is 5.78. The molecule has 2 N–H and O–H groups in total. The molecule has 1 atom stereocenters. The molecule has 74 valence electrons. The van der Waals surface area contributed by atoms with Crippen LogP contribution in [0.25, 0.3) is 0 Å². The molecule has 2 rings (SSSR count). The van der Waals surface area contributed by atoms with E-state index in [0.29, 0.717) is 6.04 Å². The first-order chi connectivity index (χ1) is 6.34. The molecule has 0 bridgehead atoms. The highest BCUT2D eigenvalue weighted by Crippen LogP contribution is 2.17. The van der Waals surface area contributed by atoms with Crippen molar-refractivity contribution in [2.24, 2.45) is 0 Å². The van der Waals surface area contributed by atoms with E-state index in [-0.39, 0.29) is 5.91 Å². The van der Waals surface area contributed by atoms with Crippen molar-refractivity contribution in [3.63, 3.8) is 0 Å². The zero-order valence-corrected chi connectivity index (χ0v) is 8.01. The second-order valence-electron chi connectivity index (χ2n) is 4.19. The van der Waals surface area contributed by atoms with Crippen LogP contribution in [0.2, 0.25) is 0 Å². The number of amides is 1. The molecule has 0 aromatic rings. The van der Waals surface area contributed by atoms with Crippen molar-refractivity contribution in [1.82, 2.24) is 10.6 Å². The molecule has 2 aliphatic rings. The van der Waals surface area contributed by atoms with Crippen LogP contribution in [0.3, 0.4) is 0 Å². The summed E-state index contributed by atoms with van der Waals surface area (Å²) < 4.78 is 0. The van der Waals surface area contributed by atoms with Crippen molar-refractivity contribution in [2.75, 3.05) is 6.54 Å². The number of hydrogen-bond acceptors (Lipinski definition) is 2. The van der Waals surface area contributed by atoms with Crippen LogP contribution in [0.15, 0.2) is 0 Å². The van der Waals surface area contributed by atoms with Gasteiger partial charge in [0, 0.05) is 25.0 Å². The summed E-state index contributed by atoms with van der Waals surface area (Å²) in [7, 11) is 0. The first-order valence-corrected chi connectivity index (χ1v) is 5.37. The Morgan fingerprint density at radius 1 is 1.31 bits per heavy atom. The van der Waals surface area contributed by atoms with Gasteiger partial charge in [-0.1, -0.05) is 12.8 Å². The Labute approximate surface area is 79.3 Å². The maximum atomic E-state index is 10.9. The molecule has 3 heteroatoms. The molecule has 0 spiro atoms. The molecule has 0 aromatic carbocycles. The third-order valence-electron chi connectivity index (χ3n) is 3.09. The number of carbonyl (C=O) groups excluding carboxylic acids is 1. The van der Waals surface area contributed by atoms with Gasteiger partial charge >= 0.3 is 0 Å². The molecule has 2 fully saturated rings. The maximum absolute atomic E-state index is 10.9. The van der Waals surface area contributed by atoms with Crippen molar-refractivity contribution < 1.29 is 4.79 Å². The molecule has 1 aliphatic heterocycles. The minimum absolute atomic E-state index is 0.221. The summed E-state index contributed by atoms with van der Waals surface area (Å²) in [4.78, 5) is 10.9. The lowest BCUT2D eigenvalue weighted by atomic mass is 10.2. The fraction of sp³-hybridized carbons (Fsp3) is 0.900. The summed E-state index contributed by atoms with van der Waals surface area (Å²) in [6.07, 6.45) is 7.11. The molecule has 1 unspecified atom stereocenters. The summed E-state index contributed by atoms with van der Waals surface area (Å²) in [6.45, 7) is 0.969. The van der Waals surface area contributed by atoms with Crippen molar-refractivity contribution in [3.8, 4) is 0 Å². The third-order valence-corrected chi connectivity index (χ3v) is 3.09. The Balaban J connectivity index is 1.64. The van der Waals surface area contributed by atoms with Crippen molar-refractivity contribution in [2.45, 2.75) is 50.6 Å². The first-order valence-electron chi connectivity index (χ1n) is 5.37. The number of rotatable bonds is 3. The molecule has 13 heavy (non-hydrogen) atoms. The van der Waals surface area contributed by atoms with E-state index in [1.165, 1.54) is 25.7 Å². The summed E-state index contributed by atoms with van der Waals surface area (Å²) >= 11 is 0. The monoisotopic (exact) mass is 182 g/mol. The Morgan fingerprint density at radius 3 is 2.69 bits per heavy atom. The minimum Gasteiger partial charge on any atom is -0.352 e. The largest absolute Gasteiger partial charge is 0.352 e. The van der Waals surface area contributed by atoms with E-state index in [1.54, 1.807) is 0 Å². The van der Waals surface area contributed by atoms with E-state index >= 15 is 0 Å². The fourth-order valence-corrected chi connectivity index (χ4v) is 2.27. The Hall–Kier alpha value is -0.570. The van der Waals surface area contributed by atoms with Gasteiger partial charge in [0.15, 0.2) is 0 Å². The van der Waals surface area contributed by atoms with Gasteiger partial charge in [-0.25, -0.2) is 0 Å². The lowest BCUT2D eigenvalue weighted by molar-refractivity contribution is -0.119. The van der Waals surface area contributed by atoms with Gasteiger partial charge in [0.2, 0.25) is 5.91 Å². The summed E-state index contributed by atoms with van der Waals surface area (Å²) in [5, 5.41) is 6.51. The predicted molar refractivity (Wildman–Crippen MR) is 51.4 cm³/mol. The lowest BCUT2D eigenvalue weighted by Crippen LogP contribution is -2.39. The molecule has 0 radical (unpaired) electrons. The van der Waals surface area contributed by atoms with Crippen LogP contribution < -0.4 is 10.6 Å². The van der Waals surface area contributed by atoms with E-state index in [2.05, 4.69) is 10.6 Å². The third kappa shape index (κ3) is 2.44. The molecule has 3 nitrogen and oxygen atoms in total. The highest BCUT2D eigenvalue weighted by atomic mass is 16.1.